The molecule has 4 atom stereocenters. The average Bonchev–Trinajstić information content (AvgIpc) is 3.99. The zero-order valence-corrected chi connectivity index (χ0v) is 58.4. The van der Waals surface area contributed by atoms with Crippen LogP contribution in [0.15, 0.2) is 0 Å². The molecule has 0 aromatic rings. The SMILES string of the molecule is CCCCCCCCCCOC(=O)C(CC(C)(C)CC(C)(C)CC(C(=O)OCCCCCCCC)C(C)(C)CCC(C)(C)C(CC(C)(C)C)N1CCCC1=O)C(C)(C)CCC(C)(C)CC(C)(C(=O)OCCOC(=O)CC(C)=O)C(C)(C)CC. The van der Waals surface area contributed by atoms with Crippen molar-refractivity contribution in [3.8, 4) is 0 Å². The van der Waals surface area contributed by atoms with Crippen LogP contribution in [0.5, 0.6) is 0 Å². The summed E-state index contributed by atoms with van der Waals surface area (Å²) >= 11 is 0. The molecule has 11 heteroatoms. The maximum atomic E-state index is 14.8. The van der Waals surface area contributed by atoms with Gasteiger partial charge in [0.25, 0.3) is 0 Å². The number of ether oxygens (including phenoxy) is 4. The Bertz CT molecular complexity index is 1950. The Morgan fingerprint density at radius 2 is 0.904 bits per heavy atom. The van der Waals surface area contributed by atoms with Crippen LogP contribution in [-0.4, -0.2) is 79.5 Å². The van der Waals surface area contributed by atoms with Crippen molar-refractivity contribution in [3.05, 3.63) is 0 Å². The first-order valence-electron chi connectivity index (χ1n) is 33.6. The van der Waals surface area contributed by atoms with E-state index in [4.69, 9.17) is 18.9 Å². The Morgan fingerprint density at radius 1 is 0.482 bits per heavy atom. The van der Waals surface area contributed by atoms with Crippen LogP contribution >= 0.6 is 0 Å². The highest BCUT2D eigenvalue weighted by atomic mass is 16.6. The van der Waals surface area contributed by atoms with Gasteiger partial charge in [0.05, 0.1) is 30.5 Å². The second-order valence-electron chi connectivity index (χ2n) is 32.7. The van der Waals surface area contributed by atoms with Gasteiger partial charge < -0.3 is 23.8 Å². The highest BCUT2D eigenvalue weighted by Crippen LogP contribution is 2.54. The Kier molecular flexibility index (Phi) is 33.0. The van der Waals surface area contributed by atoms with E-state index in [9.17, 15) is 28.8 Å². The number of amides is 1. The molecule has 0 N–H and O–H groups in total. The molecular formula is C72H133NO10. The van der Waals surface area contributed by atoms with Crippen molar-refractivity contribution in [1.29, 1.82) is 0 Å². The molecule has 1 heterocycles. The fourth-order valence-electron chi connectivity index (χ4n) is 13.5. The molecule has 0 aromatic carbocycles. The van der Waals surface area contributed by atoms with E-state index >= 15 is 0 Å². The molecule has 1 amide bonds. The number of carbonyl (C=O) groups excluding carboxylic acids is 6. The Morgan fingerprint density at radius 3 is 1.31 bits per heavy atom. The third-order valence-corrected chi connectivity index (χ3v) is 19.6. The molecule has 83 heavy (non-hydrogen) atoms. The Hall–Kier alpha value is -2.98. The van der Waals surface area contributed by atoms with Crippen molar-refractivity contribution < 1.29 is 47.7 Å². The zero-order chi connectivity index (χ0) is 63.7. The van der Waals surface area contributed by atoms with Gasteiger partial charge in [-0.1, -0.05) is 216 Å². The van der Waals surface area contributed by atoms with Gasteiger partial charge in [-0.2, -0.15) is 0 Å². The smallest absolute Gasteiger partial charge is 0.313 e. The molecule has 1 rings (SSSR count). The van der Waals surface area contributed by atoms with E-state index in [1.54, 1.807) is 0 Å². The van der Waals surface area contributed by atoms with Gasteiger partial charge in [0.15, 0.2) is 0 Å². The van der Waals surface area contributed by atoms with E-state index in [0.29, 0.717) is 38.9 Å². The van der Waals surface area contributed by atoms with Crippen molar-refractivity contribution >= 4 is 35.6 Å². The summed E-state index contributed by atoms with van der Waals surface area (Å²) in [5.41, 5.74) is -3.30. The van der Waals surface area contributed by atoms with Crippen LogP contribution in [0.1, 0.15) is 326 Å². The summed E-state index contributed by atoms with van der Waals surface area (Å²) in [5, 5.41) is 0. The molecule has 0 aliphatic carbocycles. The molecule has 1 saturated heterocycles. The molecular weight excluding hydrogens is 1040 g/mol. The maximum Gasteiger partial charge on any atom is 0.313 e. The molecule has 1 fully saturated rings. The average molecular weight is 1170 g/mol. The van der Waals surface area contributed by atoms with E-state index in [-0.39, 0.29) is 88.3 Å². The van der Waals surface area contributed by atoms with Crippen LogP contribution in [0.2, 0.25) is 0 Å². The first kappa shape index (κ1) is 78.0. The zero-order valence-electron chi connectivity index (χ0n) is 58.4. The predicted molar refractivity (Wildman–Crippen MR) is 343 cm³/mol. The standard InChI is InChI=1S/C72H133NO10/c1-23-26-28-30-32-33-35-37-46-81-61(77)56(68(14,15)41-40-65(8,9)54-72(22,71(20,21)25-3)63(79)83-48-47-80-60(76)49-55(4)74)50-66(10,11)53-67(12,13)51-57(62(78)82-45-36-34-31-29-27-24-2)69(16,17)42-43-70(18,19)58(52-64(5,6)7)73-44-38-39-59(73)75/h56-58H,23-54H2,1-22H3. The van der Waals surface area contributed by atoms with Gasteiger partial charge >= 0.3 is 23.9 Å². The van der Waals surface area contributed by atoms with Gasteiger partial charge in [0.2, 0.25) is 5.91 Å². The predicted octanol–water partition coefficient (Wildman–Crippen LogP) is 19.0. The van der Waals surface area contributed by atoms with Crippen LogP contribution in [0.25, 0.3) is 0 Å². The third-order valence-electron chi connectivity index (χ3n) is 19.6. The molecule has 0 radical (unpaired) electrons. The molecule has 1 aliphatic heterocycles. The van der Waals surface area contributed by atoms with Crippen molar-refractivity contribution in [2.45, 2.75) is 332 Å². The number of unbranched alkanes of at least 4 members (excludes halogenated alkanes) is 12. The molecule has 486 valence electrons. The topological polar surface area (TPSA) is 143 Å². The molecule has 4 unspecified atom stereocenters. The van der Waals surface area contributed by atoms with Gasteiger partial charge in [0, 0.05) is 19.0 Å². The highest BCUT2D eigenvalue weighted by Gasteiger charge is 2.52. The first-order chi connectivity index (χ1) is 38.1. The van der Waals surface area contributed by atoms with Crippen LogP contribution in [-0.2, 0) is 47.7 Å². The van der Waals surface area contributed by atoms with Crippen LogP contribution in [0, 0.1) is 60.6 Å². The summed E-state index contributed by atoms with van der Waals surface area (Å²) in [6.45, 7) is 49.5. The number of hydrogen-bond donors (Lipinski definition) is 0. The third kappa shape index (κ3) is 29.1. The monoisotopic (exact) mass is 1170 g/mol. The van der Waals surface area contributed by atoms with E-state index in [0.717, 1.165) is 96.4 Å². The molecule has 0 spiro atoms. The van der Waals surface area contributed by atoms with Crippen LogP contribution in [0.4, 0.5) is 0 Å². The van der Waals surface area contributed by atoms with Gasteiger partial charge in [-0.3, -0.25) is 28.8 Å². The van der Waals surface area contributed by atoms with Crippen molar-refractivity contribution in [2.75, 3.05) is 33.0 Å². The fraction of sp³-hybridized carbons (Fsp3) is 0.917. The lowest BCUT2D eigenvalue weighted by Crippen LogP contribution is -2.48. The maximum absolute atomic E-state index is 14.8. The van der Waals surface area contributed by atoms with Gasteiger partial charge in [-0.15, -0.1) is 0 Å². The molecule has 0 bridgehead atoms. The lowest BCUT2D eigenvalue weighted by molar-refractivity contribution is -0.169. The quantitative estimate of drug-likeness (QED) is 0.0250. The number of esters is 4. The van der Waals surface area contributed by atoms with E-state index in [1.807, 2.05) is 6.92 Å². The number of nitrogens with zero attached hydrogens (tertiary/aromatic N) is 1. The van der Waals surface area contributed by atoms with Crippen molar-refractivity contribution in [2.24, 2.45) is 60.6 Å². The number of Topliss-reactive ketones (excluding diaryl/α,β-unsaturated/α-hetero) is 1. The number of likely N-dealkylation sites (tertiary alicyclic amines) is 1. The van der Waals surface area contributed by atoms with Crippen LogP contribution < -0.4 is 0 Å². The van der Waals surface area contributed by atoms with Crippen molar-refractivity contribution in [1.82, 2.24) is 4.90 Å². The molecule has 0 saturated carbocycles. The molecule has 0 aromatic heterocycles. The van der Waals surface area contributed by atoms with E-state index < -0.39 is 33.5 Å². The number of carbonyl (C=O) groups is 6. The number of ketones is 1. The summed E-state index contributed by atoms with van der Waals surface area (Å²) in [6.07, 6.45) is 24.5. The minimum atomic E-state index is -0.882. The molecule has 11 nitrogen and oxygen atoms in total. The number of rotatable bonds is 45. The lowest BCUT2D eigenvalue weighted by atomic mass is 9.57. The van der Waals surface area contributed by atoms with Gasteiger partial charge in [-0.25, -0.2) is 0 Å². The second-order valence-corrected chi connectivity index (χ2v) is 32.7. The van der Waals surface area contributed by atoms with E-state index in [1.165, 1.54) is 58.3 Å². The summed E-state index contributed by atoms with van der Waals surface area (Å²) < 4.78 is 23.6. The second kappa shape index (κ2) is 35.1. The Balaban J connectivity index is 3.63. The summed E-state index contributed by atoms with van der Waals surface area (Å²) in [6, 6.07) is 0.105. The van der Waals surface area contributed by atoms with Gasteiger partial charge in [-0.05, 0) is 141 Å². The normalized spacial score (nSPS) is 16.1. The van der Waals surface area contributed by atoms with E-state index in [2.05, 4.69) is 143 Å². The van der Waals surface area contributed by atoms with Crippen LogP contribution in [0.3, 0.4) is 0 Å². The first-order valence-corrected chi connectivity index (χ1v) is 33.6. The highest BCUT2D eigenvalue weighted by molar-refractivity contribution is 5.94. The number of hydrogen-bond acceptors (Lipinski definition) is 10. The molecule has 1 aliphatic rings. The Labute approximate surface area is 511 Å². The van der Waals surface area contributed by atoms with Gasteiger partial charge in [0.1, 0.15) is 25.4 Å². The lowest BCUT2D eigenvalue weighted by Gasteiger charge is -2.47. The van der Waals surface area contributed by atoms with Crippen molar-refractivity contribution in [3.63, 3.8) is 0 Å². The summed E-state index contributed by atoms with van der Waals surface area (Å²) in [5.74, 6) is -2.03. The fourth-order valence-corrected chi connectivity index (χ4v) is 13.5. The largest absolute Gasteiger partial charge is 0.465 e. The minimum Gasteiger partial charge on any atom is -0.465 e. The summed E-state index contributed by atoms with van der Waals surface area (Å²) in [4.78, 5) is 82.8. The minimum absolute atomic E-state index is 0.0437. The summed E-state index contributed by atoms with van der Waals surface area (Å²) in [7, 11) is 0.